The van der Waals surface area contributed by atoms with Crippen molar-refractivity contribution in [2.24, 2.45) is 5.92 Å². The van der Waals surface area contributed by atoms with Gasteiger partial charge in [-0.05, 0) is 23.6 Å². The van der Waals surface area contributed by atoms with Crippen molar-refractivity contribution in [3.05, 3.63) is 29.6 Å². The van der Waals surface area contributed by atoms with Gasteiger partial charge in [-0.2, -0.15) is 0 Å². The number of aliphatic carboxylic acids is 1. The Morgan fingerprint density at radius 2 is 2.13 bits per heavy atom. The normalized spacial score (nSPS) is 12.8. The molecule has 1 N–H and O–H groups in total. The summed E-state index contributed by atoms with van der Waals surface area (Å²) in [6.07, 6.45) is 2.25. The zero-order chi connectivity index (χ0) is 11.4. The first-order valence-corrected chi connectivity index (χ1v) is 5.18. The summed E-state index contributed by atoms with van der Waals surface area (Å²) in [5.74, 6) is -0.696. The zero-order valence-corrected chi connectivity index (χ0v) is 9.40. The third-order valence-corrected chi connectivity index (χ3v) is 2.44. The number of nitrogens with zero attached hydrogens (tertiary/aromatic N) is 1. The van der Waals surface area contributed by atoms with Crippen molar-refractivity contribution in [3.63, 3.8) is 0 Å². The molecule has 0 fully saturated rings. The van der Waals surface area contributed by atoms with Crippen LogP contribution in [0, 0.1) is 5.92 Å². The molecule has 0 aromatic carbocycles. The molecule has 0 spiro atoms. The lowest BCUT2D eigenvalue weighted by Gasteiger charge is -2.09. The van der Waals surface area contributed by atoms with E-state index < -0.39 is 5.97 Å². The Hall–Kier alpha value is -1.38. The molecule has 0 bridgehead atoms. The molecule has 1 unspecified atom stereocenters. The highest BCUT2D eigenvalue weighted by atomic mass is 16.4. The first-order chi connectivity index (χ1) is 7.00. The van der Waals surface area contributed by atoms with Crippen molar-refractivity contribution >= 4 is 5.97 Å². The van der Waals surface area contributed by atoms with Crippen molar-refractivity contribution in [2.45, 2.75) is 33.1 Å². The van der Waals surface area contributed by atoms with Crippen LogP contribution in [0.15, 0.2) is 18.3 Å². The van der Waals surface area contributed by atoms with E-state index in [1.165, 1.54) is 5.56 Å². The molecule has 1 aromatic rings. The Morgan fingerprint density at radius 3 is 2.67 bits per heavy atom. The van der Waals surface area contributed by atoms with Gasteiger partial charge in [0.1, 0.15) is 0 Å². The Morgan fingerprint density at radius 1 is 1.47 bits per heavy atom. The monoisotopic (exact) mass is 207 g/mol. The lowest BCUT2D eigenvalue weighted by atomic mass is 10.00. The number of carboxylic acids is 1. The molecule has 3 nitrogen and oxygen atoms in total. The van der Waals surface area contributed by atoms with Gasteiger partial charge in [-0.15, -0.1) is 0 Å². The summed E-state index contributed by atoms with van der Waals surface area (Å²) in [7, 11) is 0. The van der Waals surface area contributed by atoms with Gasteiger partial charge in [-0.3, -0.25) is 9.78 Å². The molecule has 3 heteroatoms. The number of hydrogen-bond acceptors (Lipinski definition) is 2. The molecule has 1 atom stereocenters. The Kier molecular flexibility index (Phi) is 3.83. The van der Waals surface area contributed by atoms with Crippen LogP contribution in [0.2, 0.25) is 0 Å². The molecule has 0 aliphatic rings. The standard InChI is InChI=1S/C12H17NO2/c1-8(2)10-4-5-13-11(7-10)6-9(3)12(14)15/h4-5,7-9H,6H2,1-3H3,(H,14,15). The van der Waals surface area contributed by atoms with E-state index in [9.17, 15) is 4.79 Å². The van der Waals surface area contributed by atoms with E-state index in [1.807, 2.05) is 12.1 Å². The van der Waals surface area contributed by atoms with E-state index in [-0.39, 0.29) is 5.92 Å². The fraction of sp³-hybridized carbons (Fsp3) is 0.500. The maximum absolute atomic E-state index is 10.7. The highest BCUT2D eigenvalue weighted by molar-refractivity contribution is 5.69. The van der Waals surface area contributed by atoms with Gasteiger partial charge >= 0.3 is 5.97 Å². The number of rotatable bonds is 4. The Bertz CT molecular complexity index is 347. The highest BCUT2D eigenvalue weighted by Crippen LogP contribution is 2.15. The largest absolute Gasteiger partial charge is 0.481 e. The summed E-state index contributed by atoms with van der Waals surface area (Å²) in [5, 5.41) is 8.79. The van der Waals surface area contributed by atoms with Crippen molar-refractivity contribution in [3.8, 4) is 0 Å². The molecule has 0 saturated carbocycles. The van der Waals surface area contributed by atoms with Crippen LogP contribution in [-0.2, 0) is 11.2 Å². The molecule has 1 rings (SSSR count). The van der Waals surface area contributed by atoms with Gasteiger partial charge in [-0.1, -0.05) is 20.8 Å². The second-order valence-electron chi connectivity index (χ2n) is 4.18. The lowest BCUT2D eigenvalue weighted by Crippen LogP contribution is -2.13. The number of hydrogen-bond donors (Lipinski definition) is 1. The van der Waals surface area contributed by atoms with Gasteiger partial charge in [0.05, 0.1) is 5.92 Å². The molecule has 0 aliphatic carbocycles. The first-order valence-electron chi connectivity index (χ1n) is 5.18. The number of carboxylic acid groups (broad SMARTS) is 1. The minimum absolute atomic E-state index is 0.375. The fourth-order valence-corrected chi connectivity index (χ4v) is 1.37. The summed E-state index contributed by atoms with van der Waals surface area (Å²) in [5.41, 5.74) is 2.06. The van der Waals surface area contributed by atoms with Crippen molar-refractivity contribution < 1.29 is 9.90 Å². The molecular weight excluding hydrogens is 190 g/mol. The smallest absolute Gasteiger partial charge is 0.306 e. The Labute approximate surface area is 90.2 Å². The maximum Gasteiger partial charge on any atom is 0.306 e. The highest BCUT2D eigenvalue weighted by Gasteiger charge is 2.12. The van der Waals surface area contributed by atoms with Crippen LogP contribution in [0.1, 0.15) is 37.9 Å². The number of pyridine rings is 1. The molecule has 15 heavy (non-hydrogen) atoms. The SMILES string of the molecule is CC(Cc1cc(C(C)C)ccn1)C(=O)O. The van der Waals surface area contributed by atoms with Crippen LogP contribution < -0.4 is 0 Å². The summed E-state index contributed by atoms with van der Waals surface area (Å²) in [6, 6.07) is 3.96. The van der Waals surface area contributed by atoms with E-state index >= 15 is 0 Å². The van der Waals surface area contributed by atoms with Gasteiger partial charge in [-0.25, -0.2) is 0 Å². The predicted octanol–water partition coefficient (Wildman–Crippen LogP) is 2.47. The van der Waals surface area contributed by atoms with Crippen molar-refractivity contribution in [2.75, 3.05) is 0 Å². The van der Waals surface area contributed by atoms with Gasteiger partial charge in [0.15, 0.2) is 0 Å². The molecule has 0 aliphatic heterocycles. The molecule has 0 radical (unpaired) electrons. The molecule has 1 aromatic heterocycles. The lowest BCUT2D eigenvalue weighted by molar-refractivity contribution is -0.141. The van der Waals surface area contributed by atoms with Crippen LogP contribution in [0.25, 0.3) is 0 Å². The fourth-order valence-electron chi connectivity index (χ4n) is 1.37. The van der Waals surface area contributed by atoms with Gasteiger partial charge in [0.25, 0.3) is 0 Å². The van der Waals surface area contributed by atoms with E-state index in [1.54, 1.807) is 13.1 Å². The van der Waals surface area contributed by atoms with Gasteiger partial charge in [0, 0.05) is 18.3 Å². The molecule has 0 saturated heterocycles. The average molecular weight is 207 g/mol. The minimum atomic E-state index is -0.772. The van der Waals surface area contributed by atoms with E-state index in [2.05, 4.69) is 18.8 Å². The quantitative estimate of drug-likeness (QED) is 0.825. The van der Waals surface area contributed by atoms with Gasteiger partial charge in [0.2, 0.25) is 0 Å². The summed E-state index contributed by atoms with van der Waals surface area (Å²) < 4.78 is 0. The van der Waals surface area contributed by atoms with Gasteiger partial charge < -0.3 is 5.11 Å². The van der Waals surface area contributed by atoms with Crippen LogP contribution >= 0.6 is 0 Å². The molecule has 82 valence electrons. The summed E-state index contributed by atoms with van der Waals surface area (Å²) in [6.45, 7) is 5.92. The second kappa shape index (κ2) is 4.91. The predicted molar refractivity (Wildman–Crippen MR) is 58.8 cm³/mol. The van der Waals surface area contributed by atoms with Crippen LogP contribution in [0.4, 0.5) is 0 Å². The molecular formula is C12H17NO2. The molecule has 1 heterocycles. The Balaban J connectivity index is 2.78. The molecule has 0 amide bonds. The first kappa shape index (κ1) is 11.7. The number of carbonyl (C=O) groups is 1. The third-order valence-electron chi connectivity index (χ3n) is 2.44. The second-order valence-corrected chi connectivity index (χ2v) is 4.18. The minimum Gasteiger partial charge on any atom is -0.481 e. The van der Waals surface area contributed by atoms with Crippen LogP contribution in [0.5, 0.6) is 0 Å². The van der Waals surface area contributed by atoms with Crippen LogP contribution in [0.3, 0.4) is 0 Å². The maximum atomic E-state index is 10.7. The topological polar surface area (TPSA) is 50.2 Å². The van der Waals surface area contributed by atoms with Crippen molar-refractivity contribution in [1.82, 2.24) is 4.98 Å². The summed E-state index contributed by atoms with van der Waals surface area (Å²) in [4.78, 5) is 14.9. The van der Waals surface area contributed by atoms with E-state index in [0.717, 1.165) is 5.69 Å². The summed E-state index contributed by atoms with van der Waals surface area (Å²) >= 11 is 0. The average Bonchev–Trinajstić information content (AvgIpc) is 2.18. The van der Waals surface area contributed by atoms with E-state index in [4.69, 9.17) is 5.11 Å². The third kappa shape index (κ3) is 3.35. The van der Waals surface area contributed by atoms with Crippen molar-refractivity contribution in [1.29, 1.82) is 0 Å². The van der Waals surface area contributed by atoms with Crippen LogP contribution in [-0.4, -0.2) is 16.1 Å². The number of aromatic nitrogens is 1. The van der Waals surface area contributed by atoms with E-state index in [0.29, 0.717) is 12.3 Å². The zero-order valence-electron chi connectivity index (χ0n) is 9.40.